The van der Waals surface area contributed by atoms with Crippen LogP contribution >= 0.6 is 0 Å². The lowest BCUT2D eigenvalue weighted by Crippen LogP contribution is -2.35. The zero-order valence-electron chi connectivity index (χ0n) is 9.97. The maximum Gasteiger partial charge on any atom is 0.0670 e. The third kappa shape index (κ3) is 3.58. The van der Waals surface area contributed by atoms with Gasteiger partial charge in [-0.25, -0.2) is 0 Å². The van der Waals surface area contributed by atoms with Gasteiger partial charge in [0.2, 0.25) is 0 Å². The minimum Gasteiger partial charge on any atom is -0.390 e. The average molecular weight is 200 g/mol. The van der Waals surface area contributed by atoms with Gasteiger partial charge in [0.05, 0.1) is 12.2 Å². The molecular weight excluding hydrogens is 176 g/mol. The molecule has 1 fully saturated rings. The molecule has 14 heavy (non-hydrogen) atoms. The van der Waals surface area contributed by atoms with Gasteiger partial charge in [-0.2, -0.15) is 0 Å². The van der Waals surface area contributed by atoms with E-state index >= 15 is 0 Å². The topological polar surface area (TPSA) is 29.5 Å². The van der Waals surface area contributed by atoms with Crippen LogP contribution in [0.25, 0.3) is 0 Å². The smallest absolute Gasteiger partial charge is 0.0670 e. The van der Waals surface area contributed by atoms with Gasteiger partial charge in [-0.05, 0) is 31.6 Å². The highest BCUT2D eigenvalue weighted by Crippen LogP contribution is 2.33. The van der Waals surface area contributed by atoms with Gasteiger partial charge in [-0.1, -0.05) is 20.8 Å². The zero-order valence-corrected chi connectivity index (χ0v) is 9.97. The van der Waals surface area contributed by atoms with E-state index in [1.54, 1.807) is 0 Å². The summed E-state index contributed by atoms with van der Waals surface area (Å²) < 4.78 is 5.32. The predicted molar refractivity (Wildman–Crippen MR) is 58.2 cm³/mol. The second kappa shape index (κ2) is 4.19. The summed E-state index contributed by atoms with van der Waals surface area (Å²) in [6, 6.07) is 0. The minimum absolute atomic E-state index is 0.309. The van der Waals surface area contributed by atoms with Crippen LogP contribution in [-0.2, 0) is 4.74 Å². The molecule has 2 unspecified atom stereocenters. The summed E-state index contributed by atoms with van der Waals surface area (Å²) in [7, 11) is 0. The Hall–Kier alpha value is -0.0800. The van der Waals surface area contributed by atoms with E-state index in [4.69, 9.17) is 4.74 Å². The van der Waals surface area contributed by atoms with Crippen molar-refractivity contribution >= 4 is 0 Å². The molecule has 1 aliphatic heterocycles. The standard InChI is InChI=1S/C12H24O2/c1-11(2,3)6-7-12(4,13)10-5-8-14-9-10/h10,13H,5-9H2,1-4H3. The molecule has 1 saturated heterocycles. The Labute approximate surface area is 87.7 Å². The third-order valence-corrected chi connectivity index (χ3v) is 3.19. The fourth-order valence-corrected chi connectivity index (χ4v) is 1.86. The molecule has 2 heteroatoms. The lowest BCUT2D eigenvalue weighted by atomic mass is 9.79. The zero-order chi connectivity index (χ0) is 10.8. The van der Waals surface area contributed by atoms with Gasteiger partial charge in [0, 0.05) is 12.5 Å². The fourth-order valence-electron chi connectivity index (χ4n) is 1.86. The number of hydrogen-bond donors (Lipinski definition) is 1. The summed E-state index contributed by atoms with van der Waals surface area (Å²) in [5.41, 5.74) is -0.229. The molecule has 2 nitrogen and oxygen atoms in total. The summed E-state index contributed by atoms with van der Waals surface area (Å²) in [5, 5.41) is 10.3. The largest absolute Gasteiger partial charge is 0.390 e. The Kier molecular flexibility index (Phi) is 3.59. The minimum atomic E-state index is -0.538. The van der Waals surface area contributed by atoms with Crippen LogP contribution in [0.3, 0.4) is 0 Å². The Morgan fingerprint density at radius 3 is 2.29 bits per heavy atom. The second-order valence-electron chi connectivity index (χ2n) is 5.98. The van der Waals surface area contributed by atoms with Crippen molar-refractivity contribution in [1.29, 1.82) is 0 Å². The Morgan fingerprint density at radius 1 is 1.21 bits per heavy atom. The van der Waals surface area contributed by atoms with Crippen LogP contribution in [0.4, 0.5) is 0 Å². The molecule has 1 heterocycles. The molecule has 1 rings (SSSR count). The first kappa shape index (κ1) is 12.0. The van der Waals surface area contributed by atoms with Crippen molar-refractivity contribution in [2.24, 2.45) is 11.3 Å². The third-order valence-electron chi connectivity index (χ3n) is 3.19. The van der Waals surface area contributed by atoms with E-state index in [9.17, 15) is 5.11 Å². The second-order valence-corrected chi connectivity index (χ2v) is 5.98. The van der Waals surface area contributed by atoms with Gasteiger partial charge < -0.3 is 9.84 Å². The molecule has 0 aromatic carbocycles. The molecule has 0 aromatic heterocycles. The summed E-state index contributed by atoms with van der Waals surface area (Å²) >= 11 is 0. The quantitative estimate of drug-likeness (QED) is 0.759. The first-order valence-electron chi connectivity index (χ1n) is 5.61. The Morgan fingerprint density at radius 2 is 1.86 bits per heavy atom. The Bertz CT molecular complexity index is 173. The lowest BCUT2D eigenvalue weighted by Gasteiger charge is -2.32. The monoisotopic (exact) mass is 200 g/mol. The van der Waals surface area contributed by atoms with Crippen molar-refractivity contribution in [3.63, 3.8) is 0 Å². The van der Waals surface area contributed by atoms with Crippen LogP contribution in [0.15, 0.2) is 0 Å². The highest BCUT2D eigenvalue weighted by Gasteiger charge is 2.35. The fraction of sp³-hybridized carbons (Fsp3) is 1.00. The molecule has 2 atom stereocenters. The predicted octanol–water partition coefficient (Wildman–Crippen LogP) is 2.60. The number of rotatable bonds is 3. The van der Waals surface area contributed by atoms with Gasteiger partial charge in [-0.15, -0.1) is 0 Å². The molecule has 0 spiro atoms. The molecule has 0 amide bonds. The average Bonchev–Trinajstić information content (AvgIpc) is 2.52. The molecule has 0 aromatic rings. The lowest BCUT2D eigenvalue weighted by molar-refractivity contribution is -0.0201. The molecule has 0 saturated carbocycles. The number of ether oxygens (including phenoxy) is 1. The van der Waals surface area contributed by atoms with Gasteiger partial charge in [0.15, 0.2) is 0 Å². The molecule has 84 valence electrons. The SMILES string of the molecule is CC(C)(C)CCC(C)(O)C1CCOC1. The maximum atomic E-state index is 10.3. The number of hydrogen-bond acceptors (Lipinski definition) is 2. The van der Waals surface area contributed by atoms with Gasteiger partial charge in [0.1, 0.15) is 0 Å². The van der Waals surface area contributed by atoms with Crippen molar-refractivity contribution in [2.45, 2.75) is 52.6 Å². The summed E-state index contributed by atoms with van der Waals surface area (Å²) in [6.07, 6.45) is 2.96. The summed E-state index contributed by atoms with van der Waals surface area (Å²) in [6.45, 7) is 10.2. The van der Waals surface area contributed by atoms with Gasteiger partial charge in [0.25, 0.3) is 0 Å². The molecule has 1 aliphatic rings. The summed E-state index contributed by atoms with van der Waals surface area (Å²) in [5.74, 6) is 0.338. The first-order valence-corrected chi connectivity index (χ1v) is 5.61. The van der Waals surface area contributed by atoms with Crippen LogP contribution < -0.4 is 0 Å². The van der Waals surface area contributed by atoms with E-state index in [0.29, 0.717) is 11.3 Å². The van der Waals surface area contributed by atoms with Crippen molar-refractivity contribution in [2.75, 3.05) is 13.2 Å². The Balaban J connectivity index is 2.40. The highest BCUT2D eigenvalue weighted by molar-refractivity contribution is 4.85. The van der Waals surface area contributed by atoms with Crippen LogP contribution in [0.2, 0.25) is 0 Å². The van der Waals surface area contributed by atoms with E-state index in [1.165, 1.54) is 0 Å². The van der Waals surface area contributed by atoms with Crippen LogP contribution in [-0.4, -0.2) is 23.9 Å². The molecule has 0 bridgehead atoms. The van der Waals surface area contributed by atoms with Gasteiger partial charge in [-0.3, -0.25) is 0 Å². The van der Waals surface area contributed by atoms with E-state index in [0.717, 1.165) is 32.5 Å². The molecule has 1 N–H and O–H groups in total. The van der Waals surface area contributed by atoms with Crippen LogP contribution in [0.5, 0.6) is 0 Å². The van der Waals surface area contributed by atoms with E-state index in [2.05, 4.69) is 20.8 Å². The van der Waals surface area contributed by atoms with Crippen molar-refractivity contribution in [3.8, 4) is 0 Å². The molecule has 0 aliphatic carbocycles. The first-order chi connectivity index (χ1) is 6.31. The van der Waals surface area contributed by atoms with Gasteiger partial charge >= 0.3 is 0 Å². The van der Waals surface area contributed by atoms with Crippen LogP contribution in [0, 0.1) is 11.3 Å². The summed E-state index contributed by atoms with van der Waals surface area (Å²) in [4.78, 5) is 0. The normalized spacial score (nSPS) is 27.6. The highest BCUT2D eigenvalue weighted by atomic mass is 16.5. The van der Waals surface area contributed by atoms with E-state index in [-0.39, 0.29) is 0 Å². The molecular formula is C12H24O2. The van der Waals surface area contributed by atoms with Crippen molar-refractivity contribution < 1.29 is 9.84 Å². The van der Waals surface area contributed by atoms with E-state index < -0.39 is 5.60 Å². The maximum absolute atomic E-state index is 10.3. The van der Waals surface area contributed by atoms with E-state index in [1.807, 2.05) is 6.92 Å². The number of aliphatic hydroxyl groups is 1. The van der Waals surface area contributed by atoms with Crippen molar-refractivity contribution in [1.82, 2.24) is 0 Å². The molecule has 0 radical (unpaired) electrons. The van der Waals surface area contributed by atoms with Crippen LogP contribution in [0.1, 0.15) is 47.0 Å². The van der Waals surface area contributed by atoms with Crippen molar-refractivity contribution in [3.05, 3.63) is 0 Å².